The molecule has 6 heteroatoms. The summed E-state index contributed by atoms with van der Waals surface area (Å²) in [5.41, 5.74) is 0.0309. The van der Waals surface area contributed by atoms with E-state index in [1.807, 2.05) is 0 Å². The summed E-state index contributed by atoms with van der Waals surface area (Å²) in [6.07, 6.45) is 0. The molecular formula is C13H12FNO4. The molecule has 1 aliphatic heterocycles. The SMILES string of the molecule is CCOC(=O)C1=C(O)CN(c2ccc(F)cc2)C1=O. The van der Waals surface area contributed by atoms with Crippen LogP contribution in [0.5, 0.6) is 0 Å². The minimum atomic E-state index is -0.852. The number of benzene rings is 1. The molecule has 0 saturated carbocycles. The third kappa shape index (κ3) is 2.42. The zero-order chi connectivity index (χ0) is 14.0. The van der Waals surface area contributed by atoms with Gasteiger partial charge in [0.25, 0.3) is 5.91 Å². The number of halogens is 1. The molecular weight excluding hydrogens is 253 g/mol. The van der Waals surface area contributed by atoms with Gasteiger partial charge in [0.15, 0.2) is 5.57 Å². The largest absolute Gasteiger partial charge is 0.509 e. The molecule has 0 atom stereocenters. The van der Waals surface area contributed by atoms with E-state index in [9.17, 15) is 19.1 Å². The molecule has 0 fully saturated rings. The van der Waals surface area contributed by atoms with E-state index in [0.717, 1.165) is 0 Å². The number of rotatable bonds is 3. The molecule has 1 aromatic rings. The smallest absolute Gasteiger partial charge is 0.347 e. The summed E-state index contributed by atoms with van der Waals surface area (Å²) in [6.45, 7) is 1.59. The molecule has 1 N–H and O–H groups in total. The first-order chi connectivity index (χ1) is 9.04. The molecule has 0 aliphatic carbocycles. The normalized spacial score (nSPS) is 15.1. The van der Waals surface area contributed by atoms with E-state index in [-0.39, 0.29) is 24.5 Å². The number of aliphatic hydroxyl groups excluding tert-OH is 1. The third-order valence-corrected chi connectivity index (χ3v) is 2.67. The third-order valence-electron chi connectivity index (χ3n) is 2.67. The van der Waals surface area contributed by atoms with E-state index in [1.165, 1.54) is 29.2 Å². The van der Waals surface area contributed by atoms with Crippen molar-refractivity contribution in [1.82, 2.24) is 0 Å². The zero-order valence-corrected chi connectivity index (χ0v) is 10.2. The predicted molar refractivity (Wildman–Crippen MR) is 65.0 cm³/mol. The summed E-state index contributed by atoms with van der Waals surface area (Å²) >= 11 is 0. The van der Waals surface area contributed by atoms with Crippen LogP contribution in [0.4, 0.5) is 10.1 Å². The molecule has 1 aliphatic rings. The van der Waals surface area contributed by atoms with E-state index in [0.29, 0.717) is 5.69 Å². The summed E-state index contributed by atoms with van der Waals surface area (Å²) in [5, 5.41) is 9.68. The highest BCUT2D eigenvalue weighted by Gasteiger charge is 2.36. The van der Waals surface area contributed by atoms with Gasteiger partial charge in [0.05, 0.1) is 13.2 Å². The van der Waals surface area contributed by atoms with Crippen molar-refractivity contribution in [3.8, 4) is 0 Å². The maximum Gasteiger partial charge on any atom is 0.347 e. The fraction of sp³-hybridized carbons (Fsp3) is 0.231. The number of nitrogens with zero attached hydrogens (tertiary/aromatic N) is 1. The Morgan fingerprint density at radius 2 is 2.05 bits per heavy atom. The molecule has 0 aromatic heterocycles. The quantitative estimate of drug-likeness (QED) is 0.665. The van der Waals surface area contributed by atoms with Gasteiger partial charge in [0.1, 0.15) is 11.6 Å². The van der Waals surface area contributed by atoms with Crippen LogP contribution in [0.25, 0.3) is 0 Å². The van der Waals surface area contributed by atoms with E-state index < -0.39 is 17.7 Å². The number of carbonyl (C=O) groups is 2. The molecule has 1 heterocycles. The Balaban J connectivity index is 2.24. The number of carbonyl (C=O) groups excluding carboxylic acids is 2. The summed E-state index contributed by atoms with van der Waals surface area (Å²) in [6, 6.07) is 5.19. The van der Waals surface area contributed by atoms with Crippen LogP contribution in [0.1, 0.15) is 6.92 Å². The fourth-order valence-electron chi connectivity index (χ4n) is 1.80. The standard InChI is InChI=1S/C13H12FNO4/c1-2-19-13(18)11-10(16)7-15(12(11)17)9-5-3-8(14)4-6-9/h3-6,16H,2,7H2,1H3. The minimum Gasteiger partial charge on any atom is -0.509 e. The average molecular weight is 265 g/mol. The summed E-state index contributed by atoms with van der Waals surface area (Å²) in [4.78, 5) is 24.8. The van der Waals surface area contributed by atoms with Gasteiger partial charge in [-0.3, -0.25) is 4.79 Å². The Bertz CT molecular complexity index is 550. The van der Waals surface area contributed by atoms with Crippen molar-refractivity contribution in [2.45, 2.75) is 6.92 Å². The second-order valence-corrected chi connectivity index (χ2v) is 3.91. The number of esters is 1. The van der Waals surface area contributed by atoms with Crippen LogP contribution in [0, 0.1) is 5.82 Å². The fourth-order valence-corrected chi connectivity index (χ4v) is 1.80. The van der Waals surface area contributed by atoms with Gasteiger partial charge >= 0.3 is 5.97 Å². The zero-order valence-electron chi connectivity index (χ0n) is 10.2. The van der Waals surface area contributed by atoms with Crippen molar-refractivity contribution in [1.29, 1.82) is 0 Å². The summed E-state index contributed by atoms with van der Waals surface area (Å²) in [5.74, 6) is -2.27. The topological polar surface area (TPSA) is 66.8 Å². The van der Waals surface area contributed by atoms with Gasteiger partial charge in [-0.25, -0.2) is 9.18 Å². The molecule has 100 valence electrons. The van der Waals surface area contributed by atoms with Crippen molar-refractivity contribution < 1.29 is 23.8 Å². The lowest BCUT2D eigenvalue weighted by molar-refractivity contribution is -0.139. The molecule has 19 heavy (non-hydrogen) atoms. The van der Waals surface area contributed by atoms with Crippen LogP contribution >= 0.6 is 0 Å². The highest BCUT2D eigenvalue weighted by atomic mass is 19.1. The number of ether oxygens (including phenoxy) is 1. The van der Waals surface area contributed by atoms with Crippen LogP contribution in [0.15, 0.2) is 35.6 Å². The number of aliphatic hydroxyl groups is 1. The van der Waals surface area contributed by atoms with Gasteiger partial charge in [0, 0.05) is 5.69 Å². The minimum absolute atomic E-state index is 0.111. The van der Waals surface area contributed by atoms with Crippen LogP contribution in [-0.4, -0.2) is 30.1 Å². The Labute approximate surface area is 108 Å². The summed E-state index contributed by atoms with van der Waals surface area (Å²) in [7, 11) is 0. The first kappa shape index (κ1) is 13.1. The Morgan fingerprint density at radius 1 is 1.42 bits per heavy atom. The highest BCUT2D eigenvalue weighted by molar-refractivity contribution is 6.24. The molecule has 1 amide bonds. The van der Waals surface area contributed by atoms with E-state index in [2.05, 4.69) is 0 Å². The Morgan fingerprint density at radius 3 is 2.63 bits per heavy atom. The van der Waals surface area contributed by atoms with Crippen molar-refractivity contribution in [2.75, 3.05) is 18.1 Å². The highest BCUT2D eigenvalue weighted by Crippen LogP contribution is 2.25. The molecule has 0 spiro atoms. The molecule has 5 nitrogen and oxygen atoms in total. The van der Waals surface area contributed by atoms with Gasteiger partial charge in [0.2, 0.25) is 0 Å². The first-order valence-electron chi connectivity index (χ1n) is 5.71. The molecule has 0 bridgehead atoms. The molecule has 0 radical (unpaired) electrons. The maximum atomic E-state index is 12.8. The van der Waals surface area contributed by atoms with Crippen LogP contribution in [0.3, 0.4) is 0 Å². The van der Waals surface area contributed by atoms with Crippen molar-refractivity contribution in [3.05, 3.63) is 41.4 Å². The second-order valence-electron chi connectivity index (χ2n) is 3.91. The number of anilines is 1. The molecule has 1 aromatic carbocycles. The van der Waals surface area contributed by atoms with Gasteiger partial charge in [-0.2, -0.15) is 0 Å². The number of hydrogen-bond acceptors (Lipinski definition) is 4. The number of amides is 1. The lowest BCUT2D eigenvalue weighted by atomic mass is 10.2. The lowest BCUT2D eigenvalue weighted by Crippen LogP contribution is -2.29. The second kappa shape index (κ2) is 5.09. The molecule has 0 saturated heterocycles. The Hall–Kier alpha value is -2.37. The first-order valence-corrected chi connectivity index (χ1v) is 5.71. The van der Waals surface area contributed by atoms with Gasteiger partial charge in [-0.15, -0.1) is 0 Å². The van der Waals surface area contributed by atoms with Crippen LogP contribution in [-0.2, 0) is 14.3 Å². The Kier molecular flexibility index (Phi) is 3.50. The van der Waals surface area contributed by atoms with Gasteiger partial charge < -0.3 is 14.7 Å². The van der Waals surface area contributed by atoms with Crippen molar-refractivity contribution in [3.63, 3.8) is 0 Å². The predicted octanol–water partition coefficient (Wildman–Crippen LogP) is 1.55. The van der Waals surface area contributed by atoms with Crippen LogP contribution in [0.2, 0.25) is 0 Å². The maximum absolute atomic E-state index is 12.8. The van der Waals surface area contributed by atoms with Crippen molar-refractivity contribution in [2.24, 2.45) is 0 Å². The molecule has 0 unspecified atom stereocenters. The van der Waals surface area contributed by atoms with Gasteiger partial charge in [-0.1, -0.05) is 0 Å². The summed E-state index contributed by atoms with van der Waals surface area (Å²) < 4.78 is 17.5. The monoisotopic (exact) mass is 265 g/mol. The van der Waals surface area contributed by atoms with Crippen LogP contribution < -0.4 is 4.90 Å². The average Bonchev–Trinajstić information content (AvgIpc) is 2.66. The van der Waals surface area contributed by atoms with E-state index in [1.54, 1.807) is 6.92 Å². The number of hydrogen-bond donors (Lipinski definition) is 1. The van der Waals surface area contributed by atoms with Gasteiger partial charge in [-0.05, 0) is 31.2 Å². The lowest BCUT2D eigenvalue weighted by Gasteiger charge is -2.15. The van der Waals surface area contributed by atoms with E-state index >= 15 is 0 Å². The van der Waals surface area contributed by atoms with Crippen molar-refractivity contribution >= 4 is 17.6 Å². The molecule has 2 rings (SSSR count). The van der Waals surface area contributed by atoms with E-state index in [4.69, 9.17) is 4.74 Å².